The molecule has 2 rings (SSSR count). The molecule has 0 saturated carbocycles. The Morgan fingerprint density at radius 2 is 1.64 bits per heavy atom. The number of aryl methyl sites for hydroxylation is 1. The van der Waals surface area contributed by atoms with Crippen LogP contribution in [0.15, 0.2) is 18.2 Å². The Labute approximate surface area is 86.1 Å². The highest BCUT2D eigenvalue weighted by molar-refractivity contribution is 5.44. The van der Waals surface area contributed by atoms with Crippen LogP contribution in [0, 0.1) is 6.92 Å². The Balaban J connectivity index is 2.72. The van der Waals surface area contributed by atoms with Gasteiger partial charge in [0.15, 0.2) is 0 Å². The van der Waals surface area contributed by atoms with Gasteiger partial charge in [-0.2, -0.15) is 0 Å². The van der Waals surface area contributed by atoms with E-state index in [9.17, 15) is 0 Å². The molecule has 0 amide bonds. The van der Waals surface area contributed by atoms with Crippen molar-refractivity contribution in [2.45, 2.75) is 45.8 Å². The average molecular weight is 190 g/mol. The zero-order chi connectivity index (χ0) is 10.6. The van der Waals surface area contributed by atoms with Crippen LogP contribution in [-0.4, -0.2) is 0 Å². The Morgan fingerprint density at radius 1 is 1.00 bits per heavy atom. The van der Waals surface area contributed by atoms with Crippen molar-refractivity contribution >= 4 is 0 Å². The minimum absolute atomic E-state index is 0.148. The lowest BCUT2D eigenvalue weighted by Gasteiger charge is -2.25. The highest BCUT2D eigenvalue weighted by atomic mass is 16.5. The third-order valence-electron chi connectivity index (χ3n) is 3.03. The quantitative estimate of drug-likeness (QED) is 0.608. The molecule has 1 nitrogen and oxygen atoms in total. The molecule has 0 unspecified atom stereocenters. The van der Waals surface area contributed by atoms with Crippen LogP contribution in [0.1, 0.15) is 44.4 Å². The van der Waals surface area contributed by atoms with Gasteiger partial charge in [-0.1, -0.05) is 18.2 Å². The lowest BCUT2D eigenvalue weighted by molar-refractivity contribution is -0.105. The molecule has 0 aliphatic carbocycles. The first-order chi connectivity index (χ1) is 6.34. The zero-order valence-electron chi connectivity index (χ0n) is 9.64. The summed E-state index contributed by atoms with van der Waals surface area (Å²) in [5, 5.41) is 0. The van der Waals surface area contributed by atoms with Gasteiger partial charge in [0.1, 0.15) is 0 Å². The summed E-state index contributed by atoms with van der Waals surface area (Å²) in [6, 6.07) is 6.45. The molecule has 1 heterocycles. The van der Waals surface area contributed by atoms with Gasteiger partial charge in [-0.3, -0.25) is 0 Å². The lowest BCUT2D eigenvalue weighted by Crippen LogP contribution is -2.22. The van der Waals surface area contributed by atoms with E-state index in [4.69, 9.17) is 4.74 Å². The maximum Gasteiger partial charge on any atom is 0.0893 e. The number of hydrogen-bond donors (Lipinski definition) is 0. The topological polar surface area (TPSA) is 9.23 Å². The molecule has 1 heteroatoms. The third kappa shape index (κ3) is 1.19. The van der Waals surface area contributed by atoms with E-state index < -0.39 is 0 Å². The van der Waals surface area contributed by atoms with Gasteiger partial charge in [0.25, 0.3) is 0 Å². The van der Waals surface area contributed by atoms with Gasteiger partial charge in [-0.05, 0) is 51.3 Å². The Morgan fingerprint density at radius 3 is 2.21 bits per heavy atom. The number of benzene rings is 1. The van der Waals surface area contributed by atoms with E-state index in [0.29, 0.717) is 0 Å². The molecule has 1 aromatic carbocycles. The van der Waals surface area contributed by atoms with Crippen molar-refractivity contribution in [3.8, 4) is 0 Å². The molecule has 1 aliphatic rings. The van der Waals surface area contributed by atoms with Gasteiger partial charge in [0.2, 0.25) is 0 Å². The molecule has 0 saturated heterocycles. The second-order valence-electron chi connectivity index (χ2n) is 5.12. The predicted molar refractivity (Wildman–Crippen MR) is 58.3 cm³/mol. The van der Waals surface area contributed by atoms with E-state index in [-0.39, 0.29) is 11.2 Å². The van der Waals surface area contributed by atoms with Gasteiger partial charge >= 0.3 is 0 Å². The maximum atomic E-state index is 6.09. The molecule has 0 fully saturated rings. The van der Waals surface area contributed by atoms with Crippen molar-refractivity contribution in [1.82, 2.24) is 0 Å². The molecular weight excluding hydrogens is 172 g/mol. The van der Waals surface area contributed by atoms with Crippen LogP contribution in [-0.2, 0) is 15.9 Å². The van der Waals surface area contributed by atoms with Crippen LogP contribution in [0.2, 0.25) is 0 Å². The first kappa shape index (κ1) is 9.72. The fourth-order valence-electron chi connectivity index (χ4n) is 2.71. The maximum absolute atomic E-state index is 6.09. The summed E-state index contributed by atoms with van der Waals surface area (Å²) in [5.74, 6) is 0. The van der Waals surface area contributed by atoms with E-state index in [1.807, 2.05) is 0 Å². The molecule has 0 radical (unpaired) electrons. The monoisotopic (exact) mass is 190 g/mol. The number of hydrogen-bond acceptors (Lipinski definition) is 1. The van der Waals surface area contributed by atoms with E-state index in [2.05, 4.69) is 52.8 Å². The third-order valence-corrected chi connectivity index (χ3v) is 3.03. The molecule has 0 bridgehead atoms. The van der Waals surface area contributed by atoms with E-state index >= 15 is 0 Å². The molecule has 1 aromatic rings. The Kier molecular flexibility index (Phi) is 1.81. The fraction of sp³-hybridized carbons (Fsp3) is 0.538. The summed E-state index contributed by atoms with van der Waals surface area (Å²) in [4.78, 5) is 0. The highest BCUT2D eigenvalue weighted by Crippen LogP contribution is 2.47. The van der Waals surface area contributed by atoms with Crippen LogP contribution >= 0.6 is 0 Å². The normalized spacial score (nSPS) is 22.1. The standard InChI is InChI=1S/C13H18O/c1-9-7-6-8-10-11(9)13(4,5)14-12(10,2)3/h6-8H,1-5H3. The fourth-order valence-corrected chi connectivity index (χ4v) is 2.71. The number of fused-ring (bicyclic) bond motifs is 1. The summed E-state index contributed by atoms with van der Waals surface area (Å²) in [6.45, 7) is 10.7. The van der Waals surface area contributed by atoms with Crippen molar-refractivity contribution in [3.63, 3.8) is 0 Å². The molecule has 0 N–H and O–H groups in total. The summed E-state index contributed by atoms with van der Waals surface area (Å²) >= 11 is 0. The SMILES string of the molecule is Cc1cccc2c1C(C)(C)OC2(C)C. The van der Waals surface area contributed by atoms with Crippen LogP contribution in [0.25, 0.3) is 0 Å². The van der Waals surface area contributed by atoms with Crippen molar-refractivity contribution in [3.05, 3.63) is 34.9 Å². The smallest absolute Gasteiger partial charge is 0.0893 e. The minimum atomic E-state index is -0.149. The van der Waals surface area contributed by atoms with Crippen molar-refractivity contribution in [1.29, 1.82) is 0 Å². The molecular formula is C13H18O. The summed E-state index contributed by atoms with van der Waals surface area (Å²) in [7, 11) is 0. The van der Waals surface area contributed by atoms with Gasteiger partial charge in [-0.15, -0.1) is 0 Å². The molecule has 0 atom stereocenters. The highest BCUT2D eigenvalue weighted by Gasteiger charge is 2.43. The van der Waals surface area contributed by atoms with Gasteiger partial charge in [0.05, 0.1) is 11.2 Å². The van der Waals surface area contributed by atoms with Gasteiger partial charge < -0.3 is 4.74 Å². The van der Waals surface area contributed by atoms with Crippen LogP contribution in [0.5, 0.6) is 0 Å². The van der Waals surface area contributed by atoms with E-state index in [0.717, 1.165) is 0 Å². The van der Waals surface area contributed by atoms with Crippen molar-refractivity contribution < 1.29 is 4.74 Å². The van der Waals surface area contributed by atoms with Crippen molar-refractivity contribution in [2.24, 2.45) is 0 Å². The Hall–Kier alpha value is -0.820. The van der Waals surface area contributed by atoms with E-state index in [1.165, 1.54) is 16.7 Å². The van der Waals surface area contributed by atoms with Crippen LogP contribution < -0.4 is 0 Å². The van der Waals surface area contributed by atoms with E-state index in [1.54, 1.807) is 0 Å². The predicted octanol–water partition coefficient (Wildman–Crippen LogP) is 3.50. The molecule has 0 aromatic heterocycles. The first-order valence-corrected chi connectivity index (χ1v) is 5.15. The van der Waals surface area contributed by atoms with Crippen LogP contribution in [0.3, 0.4) is 0 Å². The second kappa shape index (κ2) is 2.60. The summed E-state index contributed by atoms with van der Waals surface area (Å²) in [6.07, 6.45) is 0. The summed E-state index contributed by atoms with van der Waals surface area (Å²) < 4.78 is 6.09. The van der Waals surface area contributed by atoms with Crippen LogP contribution in [0.4, 0.5) is 0 Å². The Bertz CT molecular complexity index is 375. The summed E-state index contributed by atoms with van der Waals surface area (Å²) in [5.41, 5.74) is 3.74. The molecule has 1 aliphatic heterocycles. The average Bonchev–Trinajstić information content (AvgIpc) is 2.18. The first-order valence-electron chi connectivity index (χ1n) is 5.15. The molecule has 14 heavy (non-hydrogen) atoms. The number of rotatable bonds is 0. The lowest BCUT2D eigenvalue weighted by atomic mass is 9.87. The van der Waals surface area contributed by atoms with Gasteiger partial charge in [0, 0.05) is 0 Å². The number of ether oxygens (including phenoxy) is 1. The van der Waals surface area contributed by atoms with Gasteiger partial charge in [-0.25, -0.2) is 0 Å². The second-order valence-corrected chi connectivity index (χ2v) is 5.12. The molecule has 0 spiro atoms. The largest absolute Gasteiger partial charge is 0.360 e. The zero-order valence-corrected chi connectivity index (χ0v) is 9.64. The minimum Gasteiger partial charge on any atom is -0.360 e. The van der Waals surface area contributed by atoms with Crippen molar-refractivity contribution in [2.75, 3.05) is 0 Å². The molecule has 76 valence electrons.